The number of hydrogen-bond acceptors (Lipinski definition) is 5. The van der Waals surface area contributed by atoms with Crippen molar-refractivity contribution in [3.63, 3.8) is 0 Å². The number of furan rings is 1. The first-order valence-electron chi connectivity index (χ1n) is 8.10. The number of nitrogens with zero attached hydrogens (tertiary/aromatic N) is 1. The molecule has 2 aromatic heterocycles. The topological polar surface area (TPSA) is 82.8 Å². The molecule has 2 N–H and O–H groups in total. The number of carbonyl (C=O) groups is 2. The molecule has 2 aromatic rings. The molecule has 0 radical (unpaired) electrons. The maximum Gasteiger partial charge on any atom is 0.291 e. The lowest BCUT2D eigenvalue weighted by molar-refractivity contribution is 0.0765. The minimum Gasteiger partial charge on any atom is -0.459 e. The number of β-amino-alcohol motifs (C(OH)–C–C–N with tert-alkyl or cyclic N) is 1. The normalized spacial score (nSPS) is 19.5. The Bertz CT molecular complexity index is 781. The third-order valence-corrected chi connectivity index (χ3v) is 5.77. The molecule has 2 aliphatic rings. The number of nitrogens with one attached hydrogen (secondary N) is 1. The fourth-order valence-corrected chi connectivity index (χ4v) is 4.65. The Labute approximate surface area is 143 Å². The Morgan fingerprint density at radius 1 is 1.38 bits per heavy atom. The molecule has 1 saturated heterocycles. The Balaban J connectivity index is 1.65. The smallest absolute Gasteiger partial charge is 0.291 e. The molecule has 0 bridgehead atoms. The number of aliphatic hydroxyl groups is 1. The number of hydrogen-bond donors (Lipinski definition) is 2. The number of aryl methyl sites for hydroxylation is 1. The van der Waals surface area contributed by atoms with Gasteiger partial charge in [0.05, 0.1) is 17.9 Å². The zero-order chi connectivity index (χ0) is 16.7. The molecule has 1 aliphatic carbocycles. The van der Waals surface area contributed by atoms with Gasteiger partial charge in [0.2, 0.25) is 0 Å². The van der Waals surface area contributed by atoms with E-state index in [1.54, 1.807) is 17.0 Å². The maximum absolute atomic E-state index is 12.9. The summed E-state index contributed by atoms with van der Waals surface area (Å²) in [5.41, 5.74) is 1.66. The fraction of sp³-hybridized carbons (Fsp3) is 0.412. The number of aliphatic hydroxyl groups excluding tert-OH is 1. The van der Waals surface area contributed by atoms with E-state index in [1.807, 2.05) is 0 Å². The largest absolute Gasteiger partial charge is 0.459 e. The quantitative estimate of drug-likeness (QED) is 0.893. The summed E-state index contributed by atoms with van der Waals surface area (Å²) in [6.45, 7) is 0.908. The van der Waals surface area contributed by atoms with Crippen molar-refractivity contribution in [1.82, 2.24) is 4.90 Å². The van der Waals surface area contributed by atoms with Crippen LogP contribution in [0.2, 0.25) is 0 Å². The molecule has 7 heteroatoms. The summed E-state index contributed by atoms with van der Waals surface area (Å²) >= 11 is 1.48. The Hall–Kier alpha value is -2.12. The standard InChI is InChI=1S/C17H18N2O4S/c20-10-6-7-19(9-10)17(22)14-11-3-1-5-13(11)24-16(14)18-15(21)12-4-2-8-23-12/h2,4,8,10,20H,1,3,5-7,9H2,(H,18,21)/t10-/m0/s1. The second-order valence-corrected chi connectivity index (χ2v) is 7.29. The SMILES string of the molecule is O=C(Nc1sc2c(c1C(=O)N1CC[C@H](O)C1)CCC2)c1ccco1. The number of amides is 2. The minimum atomic E-state index is -0.457. The average molecular weight is 346 g/mol. The molecule has 0 unspecified atom stereocenters. The van der Waals surface area contributed by atoms with Gasteiger partial charge in [-0.05, 0) is 43.4 Å². The summed E-state index contributed by atoms with van der Waals surface area (Å²) in [5, 5.41) is 13.1. The summed E-state index contributed by atoms with van der Waals surface area (Å²) in [5.74, 6) is -0.227. The Morgan fingerprint density at radius 2 is 2.25 bits per heavy atom. The Morgan fingerprint density at radius 3 is 2.96 bits per heavy atom. The molecular formula is C17H18N2O4S. The van der Waals surface area contributed by atoms with Gasteiger partial charge in [-0.2, -0.15) is 0 Å². The van der Waals surface area contributed by atoms with Crippen molar-refractivity contribution in [2.24, 2.45) is 0 Å². The van der Waals surface area contributed by atoms with Gasteiger partial charge in [-0.15, -0.1) is 11.3 Å². The third kappa shape index (κ3) is 2.63. The lowest BCUT2D eigenvalue weighted by atomic mass is 10.1. The van der Waals surface area contributed by atoms with Crippen LogP contribution in [-0.2, 0) is 12.8 Å². The summed E-state index contributed by atoms with van der Waals surface area (Å²) in [7, 11) is 0. The van der Waals surface area contributed by atoms with E-state index in [-0.39, 0.29) is 17.6 Å². The predicted octanol–water partition coefficient (Wildman–Crippen LogP) is 2.29. The lowest BCUT2D eigenvalue weighted by Crippen LogP contribution is -2.30. The van der Waals surface area contributed by atoms with Gasteiger partial charge in [0.1, 0.15) is 5.00 Å². The number of fused-ring (bicyclic) bond motifs is 1. The maximum atomic E-state index is 12.9. The Kier molecular flexibility index (Phi) is 3.90. The van der Waals surface area contributed by atoms with Gasteiger partial charge in [0.25, 0.3) is 11.8 Å². The first kappa shape index (κ1) is 15.4. The predicted molar refractivity (Wildman–Crippen MR) is 89.5 cm³/mol. The van der Waals surface area contributed by atoms with Crippen LogP contribution in [0.3, 0.4) is 0 Å². The number of anilines is 1. The van der Waals surface area contributed by atoms with Crippen LogP contribution in [0.4, 0.5) is 5.00 Å². The van der Waals surface area contributed by atoms with Crippen LogP contribution in [0.25, 0.3) is 0 Å². The van der Waals surface area contributed by atoms with Crippen LogP contribution in [0, 0.1) is 0 Å². The van der Waals surface area contributed by atoms with Crippen LogP contribution in [-0.4, -0.2) is 41.0 Å². The van der Waals surface area contributed by atoms with E-state index >= 15 is 0 Å². The van der Waals surface area contributed by atoms with Crippen LogP contribution in [0.15, 0.2) is 22.8 Å². The van der Waals surface area contributed by atoms with E-state index in [4.69, 9.17) is 4.42 Å². The number of likely N-dealkylation sites (tertiary alicyclic amines) is 1. The van der Waals surface area contributed by atoms with Crippen LogP contribution < -0.4 is 5.32 Å². The van der Waals surface area contributed by atoms with Gasteiger partial charge in [-0.25, -0.2) is 0 Å². The van der Waals surface area contributed by atoms with E-state index in [1.165, 1.54) is 22.5 Å². The molecule has 4 rings (SSSR count). The highest BCUT2D eigenvalue weighted by molar-refractivity contribution is 7.17. The zero-order valence-electron chi connectivity index (χ0n) is 13.1. The third-order valence-electron chi connectivity index (χ3n) is 4.56. The van der Waals surface area contributed by atoms with Crippen molar-refractivity contribution in [2.45, 2.75) is 31.8 Å². The lowest BCUT2D eigenvalue weighted by Gasteiger charge is -2.17. The second kappa shape index (κ2) is 6.07. The van der Waals surface area contributed by atoms with Gasteiger partial charge in [0, 0.05) is 18.0 Å². The molecule has 0 spiro atoms. The highest BCUT2D eigenvalue weighted by Crippen LogP contribution is 2.40. The van der Waals surface area contributed by atoms with Crippen molar-refractivity contribution in [1.29, 1.82) is 0 Å². The van der Waals surface area contributed by atoms with Gasteiger partial charge in [-0.3, -0.25) is 9.59 Å². The van der Waals surface area contributed by atoms with Crippen molar-refractivity contribution in [3.8, 4) is 0 Å². The van der Waals surface area contributed by atoms with Crippen LogP contribution in [0.1, 0.15) is 44.2 Å². The molecule has 1 atom stereocenters. The second-order valence-electron chi connectivity index (χ2n) is 6.19. The van der Waals surface area contributed by atoms with E-state index < -0.39 is 6.10 Å². The molecule has 24 heavy (non-hydrogen) atoms. The van der Waals surface area contributed by atoms with E-state index in [9.17, 15) is 14.7 Å². The number of carbonyl (C=O) groups excluding carboxylic acids is 2. The van der Waals surface area contributed by atoms with E-state index in [0.29, 0.717) is 30.1 Å². The van der Waals surface area contributed by atoms with Gasteiger partial charge < -0.3 is 19.7 Å². The highest BCUT2D eigenvalue weighted by Gasteiger charge is 2.33. The minimum absolute atomic E-state index is 0.0966. The average Bonchev–Trinajstić information content (AvgIpc) is 3.31. The number of rotatable bonds is 3. The van der Waals surface area contributed by atoms with Crippen molar-refractivity contribution < 1.29 is 19.1 Å². The summed E-state index contributed by atoms with van der Waals surface area (Å²) in [4.78, 5) is 28.1. The summed E-state index contributed by atoms with van der Waals surface area (Å²) in [6, 6.07) is 3.25. The van der Waals surface area contributed by atoms with Crippen molar-refractivity contribution >= 4 is 28.2 Å². The molecule has 126 valence electrons. The molecule has 0 saturated carbocycles. The van der Waals surface area contributed by atoms with E-state index in [2.05, 4.69) is 5.32 Å². The fourth-order valence-electron chi connectivity index (χ4n) is 3.38. The summed E-state index contributed by atoms with van der Waals surface area (Å²) < 4.78 is 5.12. The molecule has 1 fully saturated rings. The summed E-state index contributed by atoms with van der Waals surface area (Å²) in [6.07, 6.45) is 4.44. The molecular weight excluding hydrogens is 328 g/mol. The van der Waals surface area contributed by atoms with E-state index in [0.717, 1.165) is 24.8 Å². The van der Waals surface area contributed by atoms with Crippen molar-refractivity contribution in [2.75, 3.05) is 18.4 Å². The van der Waals surface area contributed by atoms with Gasteiger partial charge in [-0.1, -0.05) is 0 Å². The number of thiophene rings is 1. The van der Waals surface area contributed by atoms with Crippen LogP contribution >= 0.6 is 11.3 Å². The zero-order valence-corrected chi connectivity index (χ0v) is 13.9. The first-order valence-corrected chi connectivity index (χ1v) is 8.92. The first-order chi connectivity index (χ1) is 11.6. The van der Waals surface area contributed by atoms with Gasteiger partial charge in [0.15, 0.2) is 5.76 Å². The monoisotopic (exact) mass is 346 g/mol. The molecule has 6 nitrogen and oxygen atoms in total. The van der Waals surface area contributed by atoms with Crippen LogP contribution in [0.5, 0.6) is 0 Å². The van der Waals surface area contributed by atoms with Crippen molar-refractivity contribution in [3.05, 3.63) is 40.2 Å². The molecule has 1 aliphatic heterocycles. The highest BCUT2D eigenvalue weighted by atomic mass is 32.1. The molecule has 2 amide bonds. The van der Waals surface area contributed by atoms with Gasteiger partial charge >= 0.3 is 0 Å². The molecule has 0 aromatic carbocycles. The molecule has 3 heterocycles.